The molecular weight excluding hydrogens is 512 g/mol. The largest absolute Gasteiger partial charge is 0.489 e. The van der Waals surface area contributed by atoms with Gasteiger partial charge in [0.15, 0.2) is 6.29 Å². The first-order valence-electron chi connectivity index (χ1n) is 13.3. The quantitative estimate of drug-likeness (QED) is 0.246. The van der Waals surface area contributed by atoms with Gasteiger partial charge >= 0.3 is 5.97 Å². The van der Waals surface area contributed by atoms with Gasteiger partial charge in [-0.05, 0) is 66.3 Å². The molecule has 3 N–H and O–H groups in total. The summed E-state index contributed by atoms with van der Waals surface area (Å²) in [4.78, 5) is 12.2. The van der Waals surface area contributed by atoms with E-state index in [1.807, 2.05) is 86.6 Å². The molecule has 3 aromatic rings. The number of hydrogen-bond acceptors (Lipinski definition) is 8. The van der Waals surface area contributed by atoms with E-state index < -0.39 is 36.7 Å². The van der Waals surface area contributed by atoms with Crippen molar-refractivity contribution in [2.24, 2.45) is 0 Å². The van der Waals surface area contributed by atoms with Gasteiger partial charge in [0, 0.05) is 6.08 Å². The van der Waals surface area contributed by atoms with Crippen LogP contribution in [0.25, 0.3) is 6.08 Å². The molecule has 1 saturated heterocycles. The Bertz CT molecular complexity index is 1270. The molecule has 1 aliphatic heterocycles. The summed E-state index contributed by atoms with van der Waals surface area (Å²) in [6, 6.07) is 23.3. The lowest BCUT2D eigenvalue weighted by Crippen LogP contribution is -2.59. The van der Waals surface area contributed by atoms with E-state index in [1.165, 1.54) is 6.08 Å². The maximum atomic E-state index is 12.2. The van der Waals surface area contributed by atoms with Gasteiger partial charge in [0.05, 0.1) is 6.61 Å². The van der Waals surface area contributed by atoms with Crippen LogP contribution in [-0.2, 0) is 32.0 Å². The molecular formula is C32H36O8. The van der Waals surface area contributed by atoms with E-state index in [0.29, 0.717) is 13.0 Å². The highest BCUT2D eigenvalue weighted by Gasteiger charge is 2.44. The van der Waals surface area contributed by atoms with Crippen molar-refractivity contribution in [2.45, 2.75) is 57.6 Å². The average Bonchev–Trinajstić information content (AvgIpc) is 2.97. The molecule has 40 heavy (non-hydrogen) atoms. The number of carbonyl (C=O) groups is 1. The van der Waals surface area contributed by atoms with Gasteiger partial charge in [0.25, 0.3) is 0 Å². The first-order valence-corrected chi connectivity index (χ1v) is 13.3. The second kappa shape index (κ2) is 14.2. The number of aryl methyl sites for hydroxylation is 2. The molecule has 212 valence electrons. The zero-order valence-corrected chi connectivity index (χ0v) is 22.7. The van der Waals surface area contributed by atoms with E-state index in [1.54, 1.807) is 6.08 Å². The Labute approximate surface area is 234 Å². The van der Waals surface area contributed by atoms with Crippen LogP contribution in [0, 0.1) is 13.8 Å². The fraction of sp³-hybridized carbons (Fsp3) is 0.344. The number of carbonyl (C=O) groups excluding carboxylic acids is 1. The summed E-state index contributed by atoms with van der Waals surface area (Å²) in [6.07, 6.45) is -3.30. The molecule has 0 radical (unpaired) electrons. The van der Waals surface area contributed by atoms with Gasteiger partial charge in [0.2, 0.25) is 0 Å². The van der Waals surface area contributed by atoms with Gasteiger partial charge in [-0.2, -0.15) is 0 Å². The van der Waals surface area contributed by atoms with Gasteiger partial charge in [-0.3, -0.25) is 0 Å². The summed E-state index contributed by atoms with van der Waals surface area (Å²) in [5, 5.41) is 31.1. The number of benzene rings is 3. The number of aliphatic hydroxyl groups is 3. The molecule has 8 heteroatoms. The average molecular weight is 549 g/mol. The van der Waals surface area contributed by atoms with Gasteiger partial charge in [-0.25, -0.2) is 4.79 Å². The van der Waals surface area contributed by atoms with Crippen LogP contribution in [0.5, 0.6) is 5.75 Å². The zero-order valence-electron chi connectivity index (χ0n) is 22.7. The molecule has 1 aliphatic rings. The van der Waals surface area contributed by atoms with E-state index in [-0.39, 0.29) is 13.2 Å². The maximum Gasteiger partial charge on any atom is 0.330 e. The first-order chi connectivity index (χ1) is 19.3. The number of ether oxygens (including phenoxy) is 4. The number of aliphatic hydroxyl groups excluding tert-OH is 3. The predicted octanol–water partition coefficient (Wildman–Crippen LogP) is 3.51. The van der Waals surface area contributed by atoms with Crippen LogP contribution in [0.2, 0.25) is 0 Å². The number of esters is 1. The molecule has 5 unspecified atom stereocenters. The minimum Gasteiger partial charge on any atom is -0.489 e. The molecule has 0 aliphatic carbocycles. The highest BCUT2D eigenvalue weighted by atomic mass is 16.7. The number of hydrogen-bond donors (Lipinski definition) is 3. The summed E-state index contributed by atoms with van der Waals surface area (Å²) in [7, 11) is 0. The molecule has 5 atom stereocenters. The lowest BCUT2D eigenvalue weighted by molar-refractivity contribution is -0.301. The third-order valence-corrected chi connectivity index (χ3v) is 6.82. The lowest BCUT2D eigenvalue weighted by Gasteiger charge is -2.39. The summed E-state index contributed by atoms with van der Waals surface area (Å²) in [6.45, 7) is 4.31. The van der Waals surface area contributed by atoms with Crippen molar-refractivity contribution in [1.29, 1.82) is 0 Å². The van der Waals surface area contributed by atoms with E-state index in [2.05, 4.69) is 0 Å². The molecule has 0 amide bonds. The minimum atomic E-state index is -1.52. The molecule has 0 spiro atoms. The van der Waals surface area contributed by atoms with Gasteiger partial charge in [0.1, 0.15) is 43.4 Å². The minimum absolute atomic E-state index is 0.178. The van der Waals surface area contributed by atoms with Crippen molar-refractivity contribution in [2.75, 3.05) is 13.2 Å². The summed E-state index contributed by atoms with van der Waals surface area (Å²) >= 11 is 0. The van der Waals surface area contributed by atoms with E-state index in [0.717, 1.165) is 33.6 Å². The van der Waals surface area contributed by atoms with Crippen molar-refractivity contribution in [3.8, 4) is 5.75 Å². The van der Waals surface area contributed by atoms with Gasteiger partial charge in [-0.1, -0.05) is 60.7 Å². The normalized spacial score (nSPS) is 22.8. The molecule has 3 aromatic carbocycles. The van der Waals surface area contributed by atoms with Gasteiger partial charge < -0.3 is 34.3 Å². The lowest BCUT2D eigenvalue weighted by atomic mass is 9.99. The summed E-state index contributed by atoms with van der Waals surface area (Å²) in [5.41, 5.74) is 5.14. The van der Waals surface area contributed by atoms with Crippen LogP contribution >= 0.6 is 0 Å². The van der Waals surface area contributed by atoms with Crippen LogP contribution in [0.1, 0.15) is 27.8 Å². The van der Waals surface area contributed by atoms with Crippen LogP contribution < -0.4 is 4.74 Å². The standard InChI is InChI=1S/C32H36O8/c1-21-11-12-24(17-22(21)2)13-14-28(33)39-20-27-29(34)30(35)31(36)32(40-27)37-16-15-23-9-6-10-26(18-23)38-19-25-7-4-3-5-8-25/h3-14,17-18,27,29-32,34-36H,15-16,19-20H2,1-2H3/b14-13+. The van der Waals surface area contributed by atoms with E-state index in [9.17, 15) is 20.1 Å². The topological polar surface area (TPSA) is 115 Å². The Hall–Kier alpha value is -3.53. The van der Waals surface area contributed by atoms with Crippen LogP contribution in [-0.4, -0.2) is 65.2 Å². The fourth-order valence-electron chi connectivity index (χ4n) is 4.26. The zero-order chi connectivity index (χ0) is 28.5. The second-order valence-corrected chi connectivity index (χ2v) is 9.86. The Morgan fingerprint density at radius 3 is 2.42 bits per heavy atom. The van der Waals surface area contributed by atoms with Crippen LogP contribution in [0.15, 0.2) is 78.9 Å². The molecule has 4 rings (SSSR count). The van der Waals surface area contributed by atoms with E-state index >= 15 is 0 Å². The Morgan fingerprint density at radius 1 is 0.875 bits per heavy atom. The van der Waals surface area contributed by atoms with E-state index in [4.69, 9.17) is 18.9 Å². The van der Waals surface area contributed by atoms with Crippen LogP contribution in [0.4, 0.5) is 0 Å². The Balaban J connectivity index is 1.25. The smallest absolute Gasteiger partial charge is 0.330 e. The number of rotatable bonds is 11. The molecule has 1 heterocycles. The predicted molar refractivity (Wildman–Crippen MR) is 149 cm³/mol. The van der Waals surface area contributed by atoms with Crippen molar-refractivity contribution in [3.05, 3.63) is 107 Å². The molecule has 8 nitrogen and oxygen atoms in total. The van der Waals surface area contributed by atoms with Gasteiger partial charge in [-0.15, -0.1) is 0 Å². The molecule has 0 aromatic heterocycles. The van der Waals surface area contributed by atoms with Crippen molar-refractivity contribution >= 4 is 12.0 Å². The van der Waals surface area contributed by atoms with Crippen molar-refractivity contribution in [3.63, 3.8) is 0 Å². The SMILES string of the molecule is Cc1ccc(/C=C/C(=O)OCC2OC(OCCc3cccc(OCc4ccccc4)c3)C(O)C(O)C2O)cc1C. The highest BCUT2D eigenvalue weighted by molar-refractivity contribution is 5.87. The monoisotopic (exact) mass is 548 g/mol. The first kappa shape index (κ1) is 29.5. The Kier molecular flexibility index (Phi) is 10.5. The highest BCUT2D eigenvalue weighted by Crippen LogP contribution is 2.23. The Morgan fingerprint density at radius 2 is 1.65 bits per heavy atom. The molecule has 0 saturated carbocycles. The third kappa shape index (κ3) is 8.24. The molecule has 1 fully saturated rings. The fourth-order valence-corrected chi connectivity index (χ4v) is 4.26. The van der Waals surface area contributed by atoms with Crippen molar-refractivity contribution < 1.29 is 39.1 Å². The molecule has 0 bridgehead atoms. The second-order valence-electron chi connectivity index (χ2n) is 9.86. The summed E-state index contributed by atoms with van der Waals surface area (Å²) in [5.74, 6) is 0.101. The van der Waals surface area contributed by atoms with Crippen molar-refractivity contribution in [1.82, 2.24) is 0 Å². The summed E-state index contributed by atoms with van der Waals surface area (Å²) < 4.78 is 22.5. The maximum absolute atomic E-state index is 12.2. The third-order valence-electron chi connectivity index (χ3n) is 6.82. The van der Waals surface area contributed by atoms with Crippen LogP contribution in [0.3, 0.4) is 0 Å².